The van der Waals surface area contributed by atoms with Gasteiger partial charge in [0.15, 0.2) is 0 Å². The highest BCUT2D eigenvalue weighted by Crippen LogP contribution is 2.43. The maximum absolute atomic E-state index is 12.1. The molecule has 3 fully saturated rings. The molecular formula is C15H25NO3. The van der Waals surface area contributed by atoms with Crippen molar-refractivity contribution in [1.29, 1.82) is 0 Å². The number of rotatable bonds is 4. The van der Waals surface area contributed by atoms with Crippen molar-refractivity contribution < 1.29 is 14.3 Å². The first-order valence-corrected chi connectivity index (χ1v) is 7.55. The summed E-state index contributed by atoms with van der Waals surface area (Å²) in [5.41, 5.74) is -0.0234. The van der Waals surface area contributed by atoms with Crippen LogP contribution in [0.5, 0.6) is 0 Å². The molecule has 0 aromatic carbocycles. The average molecular weight is 267 g/mol. The maximum atomic E-state index is 12.1. The van der Waals surface area contributed by atoms with Crippen LogP contribution in [0.2, 0.25) is 0 Å². The Bertz CT molecular complexity index is 351. The number of carbonyl (C=O) groups is 1. The number of ether oxygens (including phenoxy) is 2. The number of methoxy groups -OCH3 is 1. The monoisotopic (exact) mass is 267 g/mol. The van der Waals surface area contributed by atoms with Crippen molar-refractivity contribution in [1.82, 2.24) is 4.90 Å². The number of nitrogens with zero attached hydrogens (tertiary/aromatic N) is 1. The van der Waals surface area contributed by atoms with Crippen molar-refractivity contribution in [3.8, 4) is 0 Å². The summed E-state index contributed by atoms with van der Waals surface area (Å²) >= 11 is 0. The molecule has 0 radical (unpaired) electrons. The zero-order valence-electron chi connectivity index (χ0n) is 12.1. The predicted molar refractivity (Wildman–Crippen MR) is 71.8 cm³/mol. The van der Waals surface area contributed by atoms with Crippen molar-refractivity contribution >= 4 is 5.91 Å². The summed E-state index contributed by atoms with van der Waals surface area (Å²) in [4.78, 5) is 14.1. The minimum atomic E-state index is -0.0234. The van der Waals surface area contributed by atoms with E-state index in [1.807, 2.05) is 4.90 Å². The van der Waals surface area contributed by atoms with Crippen LogP contribution in [-0.4, -0.2) is 49.8 Å². The lowest BCUT2D eigenvalue weighted by Crippen LogP contribution is -2.67. The van der Waals surface area contributed by atoms with Crippen LogP contribution in [0.15, 0.2) is 0 Å². The zero-order chi connectivity index (χ0) is 13.5. The van der Waals surface area contributed by atoms with E-state index in [9.17, 15) is 4.79 Å². The minimum absolute atomic E-state index is 0.0234. The largest absolute Gasteiger partial charge is 0.385 e. The third-order valence-electron chi connectivity index (χ3n) is 5.02. The van der Waals surface area contributed by atoms with Gasteiger partial charge in [0, 0.05) is 26.2 Å². The van der Waals surface area contributed by atoms with Gasteiger partial charge in [0.05, 0.1) is 13.1 Å². The summed E-state index contributed by atoms with van der Waals surface area (Å²) in [5, 5.41) is 0. The van der Waals surface area contributed by atoms with Crippen LogP contribution in [-0.2, 0) is 14.3 Å². The zero-order valence-corrected chi connectivity index (χ0v) is 12.1. The lowest BCUT2D eigenvalue weighted by molar-refractivity contribution is -0.190. The highest BCUT2D eigenvalue weighted by Gasteiger charge is 2.52. The molecule has 0 N–H and O–H groups in total. The van der Waals surface area contributed by atoms with E-state index in [4.69, 9.17) is 9.47 Å². The number of likely N-dealkylation sites (tertiary alicyclic amines) is 1. The summed E-state index contributed by atoms with van der Waals surface area (Å²) in [6.45, 7) is 5.48. The summed E-state index contributed by atoms with van der Waals surface area (Å²) < 4.78 is 11.2. The molecule has 0 bridgehead atoms. The molecule has 0 aromatic rings. The molecular weight excluding hydrogens is 242 g/mol. The fourth-order valence-corrected chi connectivity index (χ4v) is 3.59. The Kier molecular flexibility index (Phi) is 3.56. The molecule has 1 amide bonds. The van der Waals surface area contributed by atoms with Gasteiger partial charge >= 0.3 is 0 Å². The molecule has 2 aliphatic heterocycles. The first-order valence-electron chi connectivity index (χ1n) is 7.55. The molecule has 4 heteroatoms. The maximum Gasteiger partial charge on any atom is 0.226 e. The molecule has 0 aromatic heterocycles. The van der Waals surface area contributed by atoms with Gasteiger partial charge < -0.3 is 14.4 Å². The molecule has 3 rings (SSSR count). The lowest BCUT2D eigenvalue weighted by Gasteiger charge is -2.53. The van der Waals surface area contributed by atoms with E-state index in [0.29, 0.717) is 23.7 Å². The number of amides is 1. The second-order valence-corrected chi connectivity index (χ2v) is 6.69. The first-order chi connectivity index (χ1) is 9.13. The lowest BCUT2D eigenvalue weighted by atomic mass is 9.79. The molecule has 3 aliphatic rings. The molecule has 0 unspecified atom stereocenters. The van der Waals surface area contributed by atoms with Crippen molar-refractivity contribution in [2.45, 2.75) is 38.2 Å². The van der Waals surface area contributed by atoms with Crippen molar-refractivity contribution in [2.75, 3.05) is 33.4 Å². The quantitative estimate of drug-likeness (QED) is 0.778. The summed E-state index contributed by atoms with van der Waals surface area (Å²) in [7, 11) is 1.76. The summed E-state index contributed by atoms with van der Waals surface area (Å²) in [5.74, 6) is 1.97. The molecule has 4 nitrogen and oxygen atoms in total. The highest BCUT2D eigenvalue weighted by molar-refractivity contribution is 5.82. The van der Waals surface area contributed by atoms with Gasteiger partial charge in [0.1, 0.15) is 5.60 Å². The second-order valence-electron chi connectivity index (χ2n) is 6.69. The summed E-state index contributed by atoms with van der Waals surface area (Å²) in [6.07, 6.45) is 4.44. The molecule has 2 heterocycles. The fraction of sp³-hybridized carbons (Fsp3) is 0.933. The van der Waals surface area contributed by atoms with E-state index < -0.39 is 0 Å². The molecule has 1 spiro atoms. The van der Waals surface area contributed by atoms with Gasteiger partial charge in [0.25, 0.3) is 0 Å². The fourth-order valence-electron chi connectivity index (χ4n) is 3.59. The molecule has 3 atom stereocenters. The van der Waals surface area contributed by atoms with Crippen LogP contribution >= 0.6 is 0 Å². The van der Waals surface area contributed by atoms with E-state index in [0.717, 1.165) is 52.0 Å². The van der Waals surface area contributed by atoms with E-state index in [1.54, 1.807) is 7.11 Å². The van der Waals surface area contributed by atoms with E-state index in [2.05, 4.69) is 6.92 Å². The molecule has 2 saturated heterocycles. The van der Waals surface area contributed by atoms with Crippen LogP contribution < -0.4 is 0 Å². The van der Waals surface area contributed by atoms with Gasteiger partial charge in [-0.05, 0) is 37.5 Å². The van der Waals surface area contributed by atoms with Gasteiger partial charge in [-0.1, -0.05) is 6.92 Å². The highest BCUT2D eigenvalue weighted by atomic mass is 16.5. The Balaban J connectivity index is 1.48. The average Bonchev–Trinajstić information content (AvgIpc) is 3.10. The van der Waals surface area contributed by atoms with Gasteiger partial charge in [-0.2, -0.15) is 0 Å². The van der Waals surface area contributed by atoms with E-state index in [1.165, 1.54) is 0 Å². The third-order valence-corrected chi connectivity index (χ3v) is 5.02. The van der Waals surface area contributed by atoms with Crippen LogP contribution in [0.25, 0.3) is 0 Å². The van der Waals surface area contributed by atoms with Crippen LogP contribution in [0.3, 0.4) is 0 Å². The van der Waals surface area contributed by atoms with E-state index in [-0.39, 0.29) is 5.60 Å². The number of hydrogen-bond acceptors (Lipinski definition) is 3. The first kappa shape index (κ1) is 13.4. The molecule has 108 valence electrons. The molecule has 19 heavy (non-hydrogen) atoms. The minimum Gasteiger partial charge on any atom is -0.385 e. The normalized spacial score (nSPS) is 36.1. The van der Waals surface area contributed by atoms with Crippen molar-refractivity contribution in [2.24, 2.45) is 17.8 Å². The van der Waals surface area contributed by atoms with Gasteiger partial charge in [-0.15, -0.1) is 0 Å². The van der Waals surface area contributed by atoms with Crippen molar-refractivity contribution in [3.63, 3.8) is 0 Å². The SMILES string of the molecule is COCC[C@@H]1CCOC2(C1)CN(C(=O)[C@H]1C[C@@H]1C)C2. The Hall–Kier alpha value is -0.610. The Morgan fingerprint density at radius 2 is 2.21 bits per heavy atom. The van der Waals surface area contributed by atoms with Gasteiger partial charge in [-0.3, -0.25) is 4.79 Å². The standard InChI is InChI=1S/C15H25NO3/c1-11-7-13(11)14(17)16-9-15(10-16)8-12(3-5-18-2)4-6-19-15/h11-13H,3-10H2,1-2H3/t11-,12+,13-/m0/s1. The topological polar surface area (TPSA) is 38.8 Å². The number of hydrogen-bond donors (Lipinski definition) is 0. The van der Waals surface area contributed by atoms with Crippen LogP contribution in [0.4, 0.5) is 0 Å². The Morgan fingerprint density at radius 3 is 2.84 bits per heavy atom. The smallest absolute Gasteiger partial charge is 0.226 e. The van der Waals surface area contributed by atoms with E-state index >= 15 is 0 Å². The van der Waals surface area contributed by atoms with Gasteiger partial charge in [-0.25, -0.2) is 0 Å². The Morgan fingerprint density at radius 1 is 1.47 bits per heavy atom. The number of carbonyl (C=O) groups excluding carboxylic acids is 1. The summed E-state index contributed by atoms with van der Waals surface area (Å²) in [6, 6.07) is 0. The molecule has 1 saturated carbocycles. The van der Waals surface area contributed by atoms with Crippen LogP contribution in [0, 0.1) is 17.8 Å². The van der Waals surface area contributed by atoms with Gasteiger partial charge in [0.2, 0.25) is 5.91 Å². The second kappa shape index (κ2) is 5.06. The predicted octanol–water partition coefficient (Wildman–Crippen LogP) is 1.69. The third kappa shape index (κ3) is 2.65. The Labute approximate surface area is 115 Å². The van der Waals surface area contributed by atoms with Crippen LogP contribution in [0.1, 0.15) is 32.6 Å². The van der Waals surface area contributed by atoms with Crippen molar-refractivity contribution in [3.05, 3.63) is 0 Å². The molecule has 1 aliphatic carbocycles.